The van der Waals surface area contributed by atoms with Gasteiger partial charge in [0.25, 0.3) is 8.32 Å². The Bertz CT molecular complexity index is 889. The third kappa shape index (κ3) is 5.37. The van der Waals surface area contributed by atoms with Crippen LogP contribution < -0.4 is 0 Å². The number of rotatable bonds is 7. The number of hydrogen-bond acceptors (Lipinski definition) is 2. The summed E-state index contributed by atoms with van der Waals surface area (Å²) in [6.45, 7) is 26.0. The van der Waals surface area contributed by atoms with E-state index in [1.807, 2.05) is 6.92 Å². The van der Waals surface area contributed by atoms with Gasteiger partial charge in [-0.25, -0.2) is 0 Å². The Labute approximate surface area is 206 Å². The van der Waals surface area contributed by atoms with Crippen molar-refractivity contribution in [3.05, 3.63) is 40.6 Å². The normalized spacial score (nSPS) is 20.6. The van der Waals surface area contributed by atoms with E-state index in [0.717, 1.165) is 18.2 Å². The lowest BCUT2D eigenvalue weighted by Crippen LogP contribution is -2.47. The van der Waals surface area contributed by atoms with Crippen LogP contribution in [0.2, 0.25) is 16.6 Å². The Balaban J connectivity index is 2.79. The zero-order chi connectivity index (χ0) is 26.4. The molecule has 34 heavy (non-hydrogen) atoms. The lowest BCUT2D eigenvalue weighted by Gasteiger charge is -2.47. The summed E-state index contributed by atoms with van der Waals surface area (Å²) in [6.07, 6.45) is -2.96. The molecule has 0 bridgehead atoms. The van der Waals surface area contributed by atoms with Crippen molar-refractivity contribution < 1.29 is 22.3 Å². The van der Waals surface area contributed by atoms with Crippen LogP contribution in [-0.2, 0) is 20.0 Å². The first-order valence-electron chi connectivity index (χ1n) is 12.6. The van der Waals surface area contributed by atoms with Crippen LogP contribution in [0.25, 0.3) is 5.76 Å². The summed E-state index contributed by atoms with van der Waals surface area (Å²) < 4.78 is 50.6. The first-order valence-corrected chi connectivity index (χ1v) is 14.7. The van der Waals surface area contributed by atoms with Crippen molar-refractivity contribution >= 4 is 14.1 Å². The molecule has 0 N–H and O–H groups in total. The van der Waals surface area contributed by atoms with Gasteiger partial charge in [-0.2, -0.15) is 0 Å². The van der Waals surface area contributed by atoms with Gasteiger partial charge in [0, 0.05) is 5.56 Å². The summed E-state index contributed by atoms with van der Waals surface area (Å²) in [5, 5.41) is 0. The van der Waals surface area contributed by atoms with E-state index in [0.29, 0.717) is 11.5 Å². The van der Waals surface area contributed by atoms with Crippen LogP contribution in [0.5, 0.6) is 0 Å². The molecular formula is C28H45F3O2Si. The second-order valence-electron chi connectivity index (χ2n) is 12.4. The first-order chi connectivity index (χ1) is 15.3. The number of alkyl halides is 3. The Morgan fingerprint density at radius 2 is 1.47 bits per heavy atom. The number of fused-ring (bicyclic) bond motifs is 1. The van der Waals surface area contributed by atoms with Gasteiger partial charge in [0.05, 0.1) is 0 Å². The number of aryl methyl sites for hydroxylation is 1. The van der Waals surface area contributed by atoms with Gasteiger partial charge in [-0.05, 0) is 69.5 Å². The number of ether oxygens (including phenoxy) is 1. The molecule has 0 aliphatic heterocycles. The van der Waals surface area contributed by atoms with Crippen molar-refractivity contribution in [3.8, 4) is 0 Å². The largest absolute Gasteiger partial charge is 0.572 e. The summed E-state index contributed by atoms with van der Waals surface area (Å²) in [6, 6.07) is 4.24. The molecule has 0 fully saturated rings. The van der Waals surface area contributed by atoms with Crippen molar-refractivity contribution in [1.82, 2.24) is 0 Å². The van der Waals surface area contributed by atoms with Crippen molar-refractivity contribution in [1.29, 1.82) is 0 Å². The lowest BCUT2D eigenvalue weighted by molar-refractivity contribution is -0.298. The van der Waals surface area contributed by atoms with Gasteiger partial charge in [-0.3, -0.25) is 0 Å². The molecular weight excluding hydrogens is 453 g/mol. The summed E-state index contributed by atoms with van der Waals surface area (Å²) in [5.74, 6) is 0.690. The monoisotopic (exact) mass is 498 g/mol. The van der Waals surface area contributed by atoms with E-state index >= 15 is 0 Å². The molecule has 6 heteroatoms. The maximum absolute atomic E-state index is 13.2. The van der Waals surface area contributed by atoms with E-state index in [1.54, 1.807) is 0 Å². The van der Waals surface area contributed by atoms with Gasteiger partial charge < -0.3 is 9.16 Å². The van der Waals surface area contributed by atoms with E-state index in [2.05, 4.69) is 93.0 Å². The zero-order valence-corrected chi connectivity index (χ0v) is 24.2. The Kier molecular flexibility index (Phi) is 8.09. The van der Waals surface area contributed by atoms with Crippen LogP contribution >= 0.6 is 0 Å². The highest BCUT2D eigenvalue weighted by Crippen LogP contribution is 2.51. The molecule has 1 aliphatic carbocycles. The molecule has 0 radical (unpaired) electrons. The van der Waals surface area contributed by atoms with E-state index in [1.165, 1.54) is 11.1 Å². The average Bonchev–Trinajstić information content (AvgIpc) is 2.65. The highest BCUT2D eigenvalue weighted by molar-refractivity contribution is 6.78. The number of benzene rings is 1. The summed E-state index contributed by atoms with van der Waals surface area (Å²) in [7, 11) is -2.52. The van der Waals surface area contributed by atoms with Crippen LogP contribution in [0, 0.1) is 12.8 Å². The summed E-state index contributed by atoms with van der Waals surface area (Å²) in [4.78, 5) is 0. The molecule has 0 saturated heterocycles. The fourth-order valence-corrected chi connectivity index (χ4v) is 11.5. The molecule has 0 heterocycles. The minimum absolute atomic E-state index is 0.0202. The lowest BCUT2D eigenvalue weighted by atomic mass is 9.58. The minimum Gasteiger partial charge on any atom is -0.540 e. The van der Waals surface area contributed by atoms with Gasteiger partial charge in [0.1, 0.15) is 12.0 Å². The van der Waals surface area contributed by atoms with Crippen LogP contribution in [0.15, 0.2) is 18.4 Å². The van der Waals surface area contributed by atoms with Gasteiger partial charge >= 0.3 is 6.36 Å². The average molecular weight is 499 g/mol. The molecule has 194 valence electrons. The molecule has 0 aromatic heterocycles. The van der Waals surface area contributed by atoms with E-state index < -0.39 is 14.7 Å². The topological polar surface area (TPSA) is 18.5 Å². The van der Waals surface area contributed by atoms with E-state index in [4.69, 9.17) is 4.43 Å². The number of hydrogen-bond donors (Lipinski definition) is 0. The molecule has 1 aliphatic rings. The Morgan fingerprint density at radius 1 is 0.971 bits per heavy atom. The highest BCUT2D eigenvalue weighted by Gasteiger charge is 2.48. The molecule has 0 saturated carbocycles. The zero-order valence-electron chi connectivity index (χ0n) is 23.2. The fourth-order valence-electron chi connectivity index (χ4n) is 6.27. The third-order valence-corrected chi connectivity index (χ3v) is 14.4. The second kappa shape index (κ2) is 9.55. The molecule has 1 aromatic rings. The standard InChI is InChI=1S/C28H45F3O2Si/c1-17(2)34(18(3)4,19(5)6)33-25(16-32-28(29,30)31)22-14-23-24(13-20(22)7)27(11,12)21(8)15-26(23,9)10/h13-14,16-19,21H,15H2,1-12H3/b25-16-. The van der Waals surface area contributed by atoms with Gasteiger partial charge in [-0.15, -0.1) is 13.2 Å². The minimum atomic E-state index is -4.77. The first kappa shape index (κ1) is 28.8. The predicted molar refractivity (Wildman–Crippen MR) is 138 cm³/mol. The maximum atomic E-state index is 13.2. The molecule has 1 unspecified atom stereocenters. The fraction of sp³-hybridized carbons (Fsp3) is 0.714. The van der Waals surface area contributed by atoms with E-state index in [-0.39, 0.29) is 33.2 Å². The Hall–Kier alpha value is -1.43. The highest BCUT2D eigenvalue weighted by atomic mass is 28.4. The molecule has 1 aromatic carbocycles. The van der Waals surface area contributed by atoms with Gasteiger partial charge in [0.2, 0.25) is 0 Å². The number of halogens is 3. The quantitative estimate of drug-likeness (QED) is 0.275. The third-order valence-electron chi connectivity index (χ3n) is 8.40. The maximum Gasteiger partial charge on any atom is 0.572 e. The Morgan fingerprint density at radius 3 is 1.91 bits per heavy atom. The summed E-state index contributed by atoms with van der Waals surface area (Å²) >= 11 is 0. The SMILES string of the molecule is Cc1cc2c(cc1/C(=C/OC(F)(F)F)O[Si](C(C)C)(C(C)C)C(C)C)C(C)(C)CC(C)C2(C)C. The van der Waals surface area contributed by atoms with Gasteiger partial charge in [-0.1, -0.05) is 82.2 Å². The molecule has 0 amide bonds. The van der Waals surface area contributed by atoms with Crippen molar-refractivity contribution in [2.75, 3.05) is 0 Å². The molecule has 2 rings (SSSR count). The van der Waals surface area contributed by atoms with Crippen molar-refractivity contribution in [2.45, 2.75) is 123 Å². The van der Waals surface area contributed by atoms with Crippen LogP contribution in [0.1, 0.15) is 105 Å². The van der Waals surface area contributed by atoms with Crippen molar-refractivity contribution in [2.24, 2.45) is 5.92 Å². The van der Waals surface area contributed by atoms with Gasteiger partial charge in [0.15, 0.2) is 0 Å². The molecule has 1 atom stereocenters. The van der Waals surface area contributed by atoms with Crippen LogP contribution in [-0.4, -0.2) is 14.7 Å². The predicted octanol–water partition coefficient (Wildman–Crippen LogP) is 9.62. The molecule has 2 nitrogen and oxygen atoms in total. The smallest absolute Gasteiger partial charge is 0.540 e. The molecule has 0 spiro atoms. The van der Waals surface area contributed by atoms with Crippen LogP contribution in [0.3, 0.4) is 0 Å². The second-order valence-corrected chi connectivity index (χ2v) is 17.8. The van der Waals surface area contributed by atoms with E-state index in [9.17, 15) is 13.2 Å². The van der Waals surface area contributed by atoms with Crippen LogP contribution in [0.4, 0.5) is 13.2 Å². The summed E-state index contributed by atoms with van der Waals surface area (Å²) in [5.41, 5.74) is 4.60. The van der Waals surface area contributed by atoms with Crippen molar-refractivity contribution in [3.63, 3.8) is 0 Å².